The van der Waals surface area contributed by atoms with Gasteiger partial charge in [0.05, 0.1) is 0 Å². The fraction of sp³-hybridized carbons (Fsp3) is 0.333. The van der Waals surface area contributed by atoms with Crippen LogP contribution in [0.5, 0.6) is 0 Å². The van der Waals surface area contributed by atoms with Gasteiger partial charge in [-0.1, -0.05) is 18.2 Å². The first-order valence-corrected chi connectivity index (χ1v) is 5.29. The SMILES string of the molecule is NCc1cccc(C2=N[C@@H](C(=O)O)CC2)c1. The molecule has 16 heavy (non-hydrogen) atoms. The first-order valence-electron chi connectivity index (χ1n) is 5.29. The predicted molar refractivity (Wildman–Crippen MR) is 61.5 cm³/mol. The van der Waals surface area contributed by atoms with Gasteiger partial charge in [-0.05, 0) is 30.0 Å². The van der Waals surface area contributed by atoms with Gasteiger partial charge in [-0.15, -0.1) is 0 Å². The van der Waals surface area contributed by atoms with Crippen molar-refractivity contribution in [2.45, 2.75) is 25.4 Å². The zero-order valence-corrected chi connectivity index (χ0v) is 8.89. The maximum Gasteiger partial charge on any atom is 0.328 e. The Hall–Kier alpha value is -1.68. The number of carboxylic acids is 1. The summed E-state index contributed by atoms with van der Waals surface area (Å²) in [7, 11) is 0. The Morgan fingerprint density at radius 3 is 3.00 bits per heavy atom. The third-order valence-electron chi connectivity index (χ3n) is 2.75. The summed E-state index contributed by atoms with van der Waals surface area (Å²) in [5.41, 5.74) is 8.47. The van der Waals surface area contributed by atoms with Gasteiger partial charge in [0.1, 0.15) is 6.04 Å². The quantitative estimate of drug-likeness (QED) is 0.799. The summed E-state index contributed by atoms with van der Waals surface area (Å²) < 4.78 is 0. The van der Waals surface area contributed by atoms with Crippen LogP contribution < -0.4 is 5.73 Å². The number of carbonyl (C=O) groups is 1. The van der Waals surface area contributed by atoms with E-state index in [-0.39, 0.29) is 0 Å². The van der Waals surface area contributed by atoms with E-state index >= 15 is 0 Å². The number of hydrogen-bond acceptors (Lipinski definition) is 3. The zero-order valence-electron chi connectivity index (χ0n) is 8.89. The van der Waals surface area contributed by atoms with E-state index in [1.165, 1.54) is 0 Å². The second-order valence-corrected chi connectivity index (χ2v) is 3.87. The molecule has 1 heterocycles. The molecule has 2 rings (SSSR count). The molecule has 1 aromatic carbocycles. The second-order valence-electron chi connectivity index (χ2n) is 3.87. The topological polar surface area (TPSA) is 75.7 Å². The summed E-state index contributed by atoms with van der Waals surface area (Å²) in [6, 6.07) is 7.23. The highest BCUT2D eigenvalue weighted by molar-refractivity contribution is 6.03. The summed E-state index contributed by atoms with van der Waals surface area (Å²) >= 11 is 0. The molecule has 0 fully saturated rings. The number of nitrogens with two attached hydrogens (primary N) is 1. The molecule has 0 unspecified atom stereocenters. The Labute approximate surface area is 93.8 Å². The summed E-state index contributed by atoms with van der Waals surface area (Å²) in [6.07, 6.45) is 1.32. The van der Waals surface area contributed by atoms with Crippen LogP contribution in [0.3, 0.4) is 0 Å². The molecule has 1 aliphatic heterocycles. The number of carboxylic acid groups (broad SMARTS) is 1. The van der Waals surface area contributed by atoms with Crippen LogP contribution in [0.15, 0.2) is 29.3 Å². The van der Waals surface area contributed by atoms with Gasteiger partial charge in [-0.3, -0.25) is 4.99 Å². The van der Waals surface area contributed by atoms with E-state index < -0.39 is 12.0 Å². The second kappa shape index (κ2) is 4.45. The van der Waals surface area contributed by atoms with Crippen LogP contribution in [-0.4, -0.2) is 22.8 Å². The van der Waals surface area contributed by atoms with Crippen molar-refractivity contribution >= 4 is 11.7 Å². The van der Waals surface area contributed by atoms with Crippen molar-refractivity contribution in [2.24, 2.45) is 10.7 Å². The van der Waals surface area contributed by atoms with E-state index in [9.17, 15) is 4.79 Å². The molecular weight excluding hydrogens is 204 g/mol. The van der Waals surface area contributed by atoms with Crippen LogP contribution >= 0.6 is 0 Å². The molecule has 1 aliphatic rings. The Morgan fingerprint density at radius 2 is 2.38 bits per heavy atom. The van der Waals surface area contributed by atoms with Crippen LogP contribution in [0.4, 0.5) is 0 Å². The van der Waals surface area contributed by atoms with Crippen LogP contribution in [-0.2, 0) is 11.3 Å². The van der Waals surface area contributed by atoms with Crippen molar-refractivity contribution in [1.29, 1.82) is 0 Å². The van der Waals surface area contributed by atoms with Gasteiger partial charge < -0.3 is 10.8 Å². The van der Waals surface area contributed by atoms with Crippen molar-refractivity contribution in [3.05, 3.63) is 35.4 Å². The van der Waals surface area contributed by atoms with Crippen molar-refractivity contribution in [3.63, 3.8) is 0 Å². The van der Waals surface area contributed by atoms with E-state index in [2.05, 4.69) is 4.99 Å². The molecule has 0 radical (unpaired) electrons. The number of nitrogens with zero attached hydrogens (tertiary/aromatic N) is 1. The summed E-state index contributed by atoms with van der Waals surface area (Å²) in [6.45, 7) is 0.490. The van der Waals surface area contributed by atoms with E-state index in [0.717, 1.165) is 23.3 Å². The van der Waals surface area contributed by atoms with Crippen LogP contribution in [0.1, 0.15) is 24.0 Å². The molecule has 84 valence electrons. The minimum absolute atomic E-state index is 0.490. The van der Waals surface area contributed by atoms with Gasteiger partial charge in [0, 0.05) is 12.3 Å². The van der Waals surface area contributed by atoms with E-state index in [1.54, 1.807) is 0 Å². The van der Waals surface area contributed by atoms with Crippen LogP contribution in [0.25, 0.3) is 0 Å². The third kappa shape index (κ3) is 2.12. The smallest absolute Gasteiger partial charge is 0.328 e. The van der Waals surface area contributed by atoms with Gasteiger partial charge in [-0.25, -0.2) is 4.79 Å². The molecule has 1 aromatic rings. The summed E-state index contributed by atoms with van der Waals surface area (Å²) in [4.78, 5) is 15.0. The number of rotatable bonds is 3. The lowest BCUT2D eigenvalue weighted by atomic mass is 10.0. The minimum Gasteiger partial charge on any atom is -0.480 e. The number of aliphatic carboxylic acids is 1. The lowest BCUT2D eigenvalue weighted by Crippen LogP contribution is -2.13. The molecule has 0 spiro atoms. The fourth-order valence-corrected chi connectivity index (χ4v) is 1.87. The van der Waals surface area contributed by atoms with Crippen molar-refractivity contribution < 1.29 is 9.90 Å². The molecule has 0 saturated heterocycles. The predicted octanol–water partition coefficient (Wildman–Crippen LogP) is 1.18. The maximum atomic E-state index is 10.8. The molecule has 0 aliphatic carbocycles. The lowest BCUT2D eigenvalue weighted by Gasteiger charge is -2.02. The third-order valence-corrected chi connectivity index (χ3v) is 2.75. The average Bonchev–Trinajstić information content (AvgIpc) is 2.78. The molecule has 0 amide bonds. The largest absolute Gasteiger partial charge is 0.480 e. The van der Waals surface area contributed by atoms with Crippen molar-refractivity contribution in [1.82, 2.24) is 0 Å². The van der Waals surface area contributed by atoms with Crippen molar-refractivity contribution in [2.75, 3.05) is 0 Å². The number of aliphatic imine (C=N–C) groups is 1. The Bertz CT molecular complexity index is 440. The lowest BCUT2D eigenvalue weighted by molar-refractivity contribution is -0.138. The molecule has 4 heteroatoms. The van der Waals surface area contributed by atoms with Crippen LogP contribution in [0, 0.1) is 0 Å². The monoisotopic (exact) mass is 218 g/mol. The van der Waals surface area contributed by atoms with E-state index in [1.807, 2.05) is 24.3 Å². The standard InChI is InChI=1S/C12H14N2O2/c13-7-8-2-1-3-9(6-8)10-4-5-11(14-10)12(15)16/h1-3,6,11H,4-5,7,13H2,(H,15,16)/t11-/m1/s1. The highest BCUT2D eigenvalue weighted by atomic mass is 16.4. The molecular formula is C12H14N2O2. The maximum absolute atomic E-state index is 10.8. The zero-order chi connectivity index (χ0) is 11.5. The number of hydrogen-bond donors (Lipinski definition) is 2. The van der Waals surface area contributed by atoms with Gasteiger partial charge in [0.15, 0.2) is 0 Å². The van der Waals surface area contributed by atoms with Crippen LogP contribution in [0.2, 0.25) is 0 Å². The molecule has 3 N–H and O–H groups in total. The fourth-order valence-electron chi connectivity index (χ4n) is 1.87. The molecule has 0 aromatic heterocycles. The Balaban J connectivity index is 2.25. The summed E-state index contributed by atoms with van der Waals surface area (Å²) in [5.74, 6) is -0.843. The number of benzene rings is 1. The van der Waals surface area contributed by atoms with Gasteiger partial charge in [0.25, 0.3) is 0 Å². The van der Waals surface area contributed by atoms with E-state index in [0.29, 0.717) is 13.0 Å². The van der Waals surface area contributed by atoms with Crippen molar-refractivity contribution in [3.8, 4) is 0 Å². The van der Waals surface area contributed by atoms with E-state index in [4.69, 9.17) is 10.8 Å². The average molecular weight is 218 g/mol. The highest BCUT2D eigenvalue weighted by Gasteiger charge is 2.24. The highest BCUT2D eigenvalue weighted by Crippen LogP contribution is 2.19. The first kappa shape index (κ1) is 10.8. The molecule has 4 nitrogen and oxygen atoms in total. The molecule has 0 bridgehead atoms. The summed E-state index contributed by atoms with van der Waals surface area (Å²) in [5, 5.41) is 8.85. The Kier molecular flexibility index (Phi) is 3.01. The first-order chi connectivity index (χ1) is 7.70. The molecule has 1 atom stereocenters. The normalized spacial score (nSPS) is 19.6. The minimum atomic E-state index is -0.843. The molecule has 0 saturated carbocycles. The van der Waals surface area contributed by atoms with Gasteiger partial charge in [0.2, 0.25) is 0 Å². The van der Waals surface area contributed by atoms with Gasteiger partial charge >= 0.3 is 5.97 Å². The Morgan fingerprint density at radius 1 is 1.56 bits per heavy atom. The van der Waals surface area contributed by atoms with Gasteiger partial charge in [-0.2, -0.15) is 0 Å².